The van der Waals surface area contributed by atoms with Crippen molar-refractivity contribution in [3.05, 3.63) is 104 Å². The lowest BCUT2D eigenvalue weighted by Gasteiger charge is -2.35. The van der Waals surface area contributed by atoms with E-state index in [4.69, 9.17) is 0 Å². The number of benzene rings is 2. The molecule has 2 aliphatic rings. The van der Waals surface area contributed by atoms with Crippen LogP contribution in [0.5, 0.6) is 0 Å². The van der Waals surface area contributed by atoms with Crippen molar-refractivity contribution in [1.82, 2.24) is 14.8 Å². The number of amides is 1. The molecule has 1 saturated carbocycles. The number of ketones is 1. The Bertz CT molecular complexity index is 1330. The number of nitrogens with one attached hydrogen (secondary N) is 1. The number of carbonyl (C=O) groups excluding carboxylic acids is 2. The fraction of sp³-hybridized carbons (Fsp3) is 0.345. The highest BCUT2D eigenvalue weighted by Gasteiger charge is 2.40. The van der Waals surface area contributed by atoms with Crippen LogP contribution in [0.15, 0.2) is 76.1 Å². The molecule has 2 fully saturated rings. The summed E-state index contributed by atoms with van der Waals surface area (Å²) in [5.74, 6) is -0.147. The zero-order chi connectivity index (χ0) is 25.2. The van der Waals surface area contributed by atoms with Crippen molar-refractivity contribution in [3.63, 3.8) is 0 Å². The first-order valence-electron chi connectivity index (χ1n) is 12.5. The molecule has 6 nitrogen and oxygen atoms in total. The monoisotopic (exact) mass is 547 g/mol. The summed E-state index contributed by atoms with van der Waals surface area (Å²) < 4.78 is 2.37. The highest BCUT2D eigenvalue weighted by molar-refractivity contribution is 9.10. The van der Waals surface area contributed by atoms with E-state index in [2.05, 4.69) is 21.2 Å². The first kappa shape index (κ1) is 24.7. The number of nitrogens with zero attached hydrogens (tertiary/aromatic N) is 2. The third-order valence-corrected chi connectivity index (χ3v) is 7.69. The molecule has 1 aliphatic carbocycles. The van der Waals surface area contributed by atoms with E-state index in [1.54, 1.807) is 23.9 Å². The second kappa shape index (κ2) is 10.5. The van der Waals surface area contributed by atoms with Crippen molar-refractivity contribution in [2.24, 2.45) is 13.0 Å². The zero-order valence-electron chi connectivity index (χ0n) is 20.3. The summed E-state index contributed by atoms with van der Waals surface area (Å²) in [6.07, 6.45) is 4.58. The van der Waals surface area contributed by atoms with E-state index >= 15 is 0 Å². The minimum Gasteiger partial charge on any atom is -0.335 e. The van der Waals surface area contributed by atoms with Gasteiger partial charge in [0.1, 0.15) is 0 Å². The van der Waals surface area contributed by atoms with Crippen LogP contribution < -0.4 is 10.9 Å². The molecule has 3 aromatic rings. The Morgan fingerprint density at radius 3 is 2.53 bits per heavy atom. The van der Waals surface area contributed by atoms with Crippen LogP contribution in [0, 0.1) is 5.92 Å². The molecule has 1 saturated heterocycles. The second-order valence-corrected chi connectivity index (χ2v) is 10.8. The molecule has 1 unspecified atom stereocenters. The van der Waals surface area contributed by atoms with Gasteiger partial charge < -0.3 is 14.8 Å². The summed E-state index contributed by atoms with van der Waals surface area (Å²) in [7, 11) is 1.74. The Kier molecular flexibility index (Phi) is 7.21. The van der Waals surface area contributed by atoms with E-state index in [0.717, 1.165) is 41.4 Å². The fourth-order valence-electron chi connectivity index (χ4n) is 5.12. The number of halogens is 1. The largest absolute Gasteiger partial charge is 0.335 e. The Morgan fingerprint density at radius 2 is 1.81 bits per heavy atom. The van der Waals surface area contributed by atoms with Gasteiger partial charge in [0, 0.05) is 54.0 Å². The van der Waals surface area contributed by atoms with Crippen LogP contribution in [0.4, 0.5) is 0 Å². The molecule has 5 rings (SSSR count). The topological polar surface area (TPSA) is 71.4 Å². The predicted molar refractivity (Wildman–Crippen MR) is 143 cm³/mol. The van der Waals surface area contributed by atoms with Gasteiger partial charge >= 0.3 is 0 Å². The fourth-order valence-corrected chi connectivity index (χ4v) is 5.66. The number of pyridine rings is 1. The van der Waals surface area contributed by atoms with Crippen molar-refractivity contribution in [1.29, 1.82) is 0 Å². The summed E-state index contributed by atoms with van der Waals surface area (Å²) >= 11 is 3.57. The van der Waals surface area contributed by atoms with Crippen LogP contribution in [-0.2, 0) is 18.4 Å². The molecule has 0 bridgehead atoms. The number of hydrogen-bond acceptors (Lipinski definition) is 4. The first-order chi connectivity index (χ1) is 17.4. The lowest BCUT2D eigenvalue weighted by molar-refractivity contribution is -0.138. The molecule has 2 atom stereocenters. The summed E-state index contributed by atoms with van der Waals surface area (Å²) in [6, 6.07) is 18.8. The number of hydrogen-bond donors (Lipinski definition) is 1. The molecular formula is C29H30BrN3O3. The molecule has 0 radical (unpaired) electrons. The second-order valence-electron chi connectivity index (χ2n) is 9.86. The molecule has 1 aliphatic heterocycles. The van der Waals surface area contributed by atoms with Gasteiger partial charge in [0.2, 0.25) is 5.91 Å². The summed E-state index contributed by atoms with van der Waals surface area (Å²) in [5, 5.41) is 3.39. The number of carbonyl (C=O) groups is 2. The summed E-state index contributed by atoms with van der Waals surface area (Å²) in [5.41, 5.74) is 3.05. The standard InChI is InChI=1S/C29H30BrN3O3/c1-32-12-10-21(16-27(32)34)25-9-11-31-17-26(25)29(36)33(24-7-8-24)18-19-13-22(15-23(30)14-19)28(35)20-5-3-2-4-6-20/h2-6,10,12-16,24-26,31H,7-9,11,17-18H2,1H3/t25-,26?/m1/s1. The average molecular weight is 548 g/mol. The maximum absolute atomic E-state index is 14.0. The Hall–Kier alpha value is -3.03. The minimum absolute atomic E-state index is 0.00614. The van der Waals surface area contributed by atoms with Gasteiger partial charge in [-0.2, -0.15) is 0 Å². The maximum atomic E-state index is 14.0. The minimum atomic E-state index is -0.232. The van der Waals surface area contributed by atoms with Crippen LogP contribution in [0.2, 0.25) is 0 Å². The number of piperidine rings is 1. The highest BCUT2D eigenvalue weighted by Crippen LogP contribution is 2.36. The van der Waals surface area contributed by atoms with Gasteiger partial charge in [-0.3, -0.25) is 14.4 Å². The van der Waals surface area contributed by atoms with Gasteiger partial charge in [0.05, 0.1) is 5.92 Å². The van der Waals surface area contributed by atoms with Crippen LogP contribution >= 0.6 is 15.9 Å². The predicted octanol–water partition coefficient (Wildman–Crippen LogP) is 4.26. The molecule has 1 aromatic heterocycles. The molecule has 7 heteroatoms. The SMILES string of the molecule is Cn1ccc([C@H]2CCNCC2C(=O)N(Cc2cc(Br)cc(C(=O)c3ccccc3)c2)C2CC2)cc1=O. The van der Waals surface area contributed by atoms with Gasteiger partial charge in [-0.05, 0) is 67.1 Å². The molecule has 186 valence electrons. The maximum Gasteiger partial charge on any atom is 0.250 e. The smallest absolute Gasteiger partial charge is 0.250 e. The molecule has 1 amide bonds. The van der Waals surface area contributed by atoms with Crippen molar-refractivity contribution in [3.8, 4) is 0 Å². The summed E-state index contributed by atoms with van der Waals surface area (Å²) in [4.78, 5) is 41.3. The molecule has 1 N–H and O–H groups in total. The number of aromatic nitrogens is 1. The van der Waals surface area contributed by atoms with Gasteiger partial charge in [-0.1, -0.05) is 46.3 Å². The van der Waals surface area contributed by atoms with E-state index in [0.29, 0.717) is 24.2 Å². The average Bonchev–Trinajstić information content (AvgIpc) is 3.74. The van der Waals surface area contributed by atoms with Crippen molar-refractivity contribution >= 4 is 27.6 Å². The number of rotatable bonds is 7. The summed E-state index contributed by atoms with van der Waals surface area (Å²) in [6.45, 7) is 1.87. The van der Waals surface area contributed by atoms with E-state index in [9.17, 15) is 14.4 Å². The van der Waals surface area contributed by atoms with Crippen LogP contribution in [0.1, 0.15) is 52.2 Å². The van der Waals surface area contributed by atoms with Crippen LogP contribution in [-0.4, -0.2) is 40.3 Å². The molecule has 2 aromatic carbocycles. The molecule has 0 spiro atoms. The lowest BCUT2D eigenvalue weighted by atomic mass is 9.80. The van der Waals surface area contributed by atoms with Crippen molar-refractivity contribution < 1.29 is 9.59 Å². The Balaban J connectivity index is 1.40. The van der Waals surface area contributed by atoms with E-state index in [1.165, 1.54) is 0 Å². The zero-order valence-corrected chi connectivity index (χ0v) is 21.9. The van der Waals surface area contributed by atoms with Crippen LogP contribution in [0.25, 0.3) is 0 Å². The van der Waals surface area contributed by atoms with E-state index in [1.807, 2.05) is 59.5 Å². The van der Waals surface area contributed by atoms with Gasteiger partial charge in [-0.15, -0.1) is 0 Å². The van der Waals surface area contributed by atoms with Gasteiger partial charge in [-0.25, -0.2) is 0 Å². The molecule has 36 heavy (non-hydrogen) atoms. The van der Waals surface area contributed by atoms with E-state index in [-0.39, 0.29) is 35.1 Å². The van der Waals surface area contributed by atoms with Gasteiger partial charge in [0.15, 0.2) is 5.78 Å². The molecule has 2 heterocycles. The first-order valence-corrected chi connectivity index (χ1v) is 13.3. The number of aryl methyl sites for hydroxylation is 1. The third-order valence-electron chi connectivity index (χ3n) is 7.24. The lowest BCUT2D eigenvalue weighted by Crippen LogP contribution is -2.47. The van der Waals surface area contributed by atoms with Crippen molar-refractivity contribution in [2.45, 2.75) is 37.8 Å². The highest BCUT2D eigenvalue weighted by atomic mass is 79.9. The van der Waals surface area contributed by atoms with Gasteiger partial charge in [0.25, 0.3) is 5.56 Å². The quantitative estimate of drug-likeness (QED) is 0.448. The Morgan fingerprint density at radius 1 is 1.03 bits per heavy atom. The molecular weight excluding hydrogens is 518 g/mol. The third kappa shape index (κ3) is 5.37. The van der Waals surface area contributed by atoms with Crippen LogP contribution in [0.3, 0.4) is 0 Å². The van der Waals surface area contributed by atoms with Crippen molar-refractivity contribution in [2.75, 3.05) is 13.1 Å². The van der Waals surface area contributed by atoms with E-state index < -0.39 is 0 Å². The normalized spacial score (nSPS) is 19.6. The Labute approximate surface area is 219 Å².